The van der Waals surface area contributed by atoms with E-state index in [2.05, 4.69) is 0 Å². The quantitative estimate of drug-likeness (QED) is 0.857. The van der Waals surface area contributed by atoms with Crippen LogP contribution in [0.15, 0.2) is 18.2 Å². The molecule has 0 saturated heterocycles. The maximum absolute atomic E-state index is 11.1. The van der Waals surface area contributed by atoms with Crippen molar-refractivity contribution in [2.45, 2.75) is 13.1 Å². The molecule has 4 nitrogen and oxygen atoms in total. The van der Waals surface area contributed by atoms with Gasteiger partial charge in [-0.3, -0.25) is 0 Å². The van der Waals surface area contributed by atoms with Crippen LogP contribution in [0.25, 0.3) is 0 Å². The molecule has 1 aromatic rings. The van der Waals surface area contributed by atoms with Gasteiger partial charge in [-0.15, -0.1) is 0 Å². The summed E-state index contributed by atoms with van der Waals surface area (Å²) in [4.78, 5) is 1.93. The van der Waals surface area contributed by atoms with Crippen LogP contribution in [-0.4, -0.2) is 38.9 Å². The van der Waals surface area contributed by atoms with Gasteiger partial charge in [0.05, 0.1) is 5.75 Å². The zero-order valence-electron chi connectivity index (χ0n) is 10.7. The molecule has 0 heterocycles. The Balaban J connectivity index is 2.62. The van der Waals surface area contributed by atoms with Crippen molar-refractivity contribution < 1.29 is 8.42 Å². The molecule has 0 saturated carbocycles. The Hall–Kier alpha value is -0.620. The second-order valence-electron chi connectivity index (χ2n) is 4.50. The molecule has 18 heavy (non-hydrogen) atoms. The molecule has 0 aromatic heterocycles. The van der Waals surface area contributed by atoms with E-state index in [4.69, 9.17) is 17.3 Å². The van der Waals surface area contributed by atoms with E-state index in [1.807, 2.05) is 30.1 Å². The van der Waals surface area contributed by atoms with Crippen molar-refractivity contribution in [3.63, 3.8) is 0 Å². The first-order valence-corrected chi connectivity index (χ1v) is 8.09. The topological polar surface area (TPSA) is 63.4 Å². The van der Waals surface area contributed by atoms with E-state index in [-0.39, 0.29) is 5.75 Å². The second kappa shape index (κ2) is 6.52. The maximum Gasteiger partial charge on any atom is 0.148 e. The summed E-state index contributed by atoms with van der Waals surface area (Å²) in [5.74, 6) is 0.155. The van der Waals surface area contributed by atoms with Gasteiger partial charge in [0.25, 0.3) is 0 Å². The molecule has 1 aromatic carbocycles. The Morgan fingerprint density at radius 1 is 1.39 bits per heavy atom. The highest BCUT2D eigenvalue weighted by molar-refractivity contribution is 7.90. The standard InChI is InChI=1S/C12H19ClN2O2S/c1-15(5-6-18(2,16)17)9-11-4-3-10(8-14)7-12(11)13/h3-4,7H,5-6,8-9,14H2,1-2H3. The Kier molecular flexibility index (Phi) is 5.59. The Bertz CT molecular complexity index is 503. The summed E-state index contributed by atoms with van der Waals surface area (Å²) in [6, 6.07) is 5.72. The minimum Gasteiger partial charge on any atom is -0.326 e. The first kappa shape index (κ1) is 15.4. The summed E-state index contributed by atoms with van der Waals surface area (Å²) in [5, 5.41) is 0.671. The smallest absolute Gasteiger partial charge is 0.148 e. The highest BCUT2D eigenvalue weighted by Crippen LogP contribution is 2.19. The first-order valence-electron chi connectivity index (χ1n) is 5.65. The van der Waals surface area contributed by atoms with Crippen molar-refractivity contribution in [3.05, 3.63) is 34.3 Å². The summed E-state index contributed by atoms with van der Waals surface area (Å²) < 4.78 is 22.1. The number of sulfone groups is 1. The Morgan fingerprint density at radius 3 is 2.56 bits per heavy atom. The fourth-order valence-corrected chi connectivity index (χ4v) is 2.44. The summed E-state index contributed by atoms with van der Waals surface area (Å²) >= 11 is 6.14. The highest BCUT2D eigenvalue weighted by atomic mass is 35.5. The lowest BCUT2D eigenvalue weighted by Crippen LogP contribution is -2.25. The number of hydrogen-bond acceptors (Lipinski definition) is 4. The van der Waals surface area contributed by atoms with Crippen LogP contribution in [0.4, 0.5) is 0 Å². The van der Waals surface area contributed by atoms with E-state index in [0.29, 0.717) is 24.7 Å². The van der Waals surface area contributed by atoms with Crippen molar-refractivity contribution in [2.24, 2.45) is 5.73 Å². The first-order chi connectivity index (χ1) is 8.31. The Labute approximate surface area is 114 Å². The van der Waals surface area contributed by atoms with Crippen molar-refractivity contribution in [2.75, 3.05) is 25.6 Å². The average molecular weight is 291 g/mol. The molecule has 0 atom stereocenters. The van der Waals surface area contributed by atoms with Crippen LogP contribution in [0.5, 0.6) is 0 Å². The number of nitrogens with two attached hydrogens (primary N) is 1. The van der Waals surface area contributed by atoms with Crippen LogP contribution in [0.3, 0.4) is 0 Å². The summed E-state index contributed by atoms with van der Waals surface area (Å²) in [6.07, 6.45) is 1.24. The second-order valence-corrected chi connectivity index (χ2v) is 7.16. The summed E-state index contributed by atoms with van der Waals surface area (Å²) in [6.45, 7) is 1.58. The van der Waals surface area contributed by atoms with E-state index in [1.54, 1.807) is 0 Å². The molecule has 0 spiro atoms. The third-order valence-electron chi connectivity index (χ3n) is 2.64. The molecule has 2 N–H and O–H groups in total. The van der Waals surface area contributed by atoms with Gasteiger partial charge in [0, 0.05) is 30.9 Å². The number of nitrogens with zero attached hydrogens (tertiary/aromatic N) is 1. The molecular weight excluding hydrogens is 272 g/mol. The molecular formula is C12H19ClN2O2S. The van der Waals surface area contributed by atoms with E-state index in [9.17, 15) is 8.42 Å². The molecule has 0 aliphatic heterocycles. The predicted molar refractivity (Wildman–Crippen MR) is 75.4 cm³/mol. The molecule has 0 amide bonds. The fraction of sp³-hybridized carbons (Fsp3) is 0.500. The molecule has 6 heteroatoms. The monoisotopic (exact) mass is 290 g/mol. The lowest BCUT2D eigenvalue weighted by atomic mass is 10.1. The van der Waals surface area contributed by atoms with E-state index < -0.39 is 9.84 Å². The van der Waals surface area contributed by atoms with Crippen LogP contribution in [0, 0.1) is 0 Å². The van der Waals surface area contributed by atoms with Gasteiger partial charge in [-0.2, -0.15) is 0 Å². The average Bonchev–Trinajstić information content (AvgIpc) is 2.28. The van der Waals surface area contributed by atoms with Gasteiger partial charge in [-0.1, -0.05) is 23.7 Å². The van der Waals surface area contributed by atoms with Gasteiger partial charge < -0.3 is 10.6 Å². The van der Waals surface area contributed by atoms with Crippen LogP contribution in [0.1, 0.15) is 11.1 Å². The van der Waals surface area contributed by atoms with Gasteiger partial charge in [0.15, 0.2) is 0 Å². The van der Waals surface area contributed by atoms with Crippen molar-refractivity contribution in [1.29, 1.82) is 0 Å². The number of benzene rings is 1. The number of rotatable bonds is 6. The van der Waals surface area contributed by atoms with E-state index in [1.165, 1.54) is 6.26 Å². The molecule has 0 aliphatic rings. The van der Waals surface area contributed by atoms with E-state index in [0.717, 1.165) is 11.1 Å². The van der Waals surface area contributed by atoms with Crippen molar-refractivity contribution in [3.8, 4) is 0 Å². The van der Waals surface area contributed by atoms with Gasteiger partial charge in [-0.05, 0) is 24.2 Å². The van der Waals surface area contributed by atoms with Crippen LogP contribution in [0.2, 0.25) is 5.02 Å². The van der Waals surface area contributed by atoms with Gasteiger partial charge in [-0.25, -0.2) is 8.42 Å². The normalized spacial score (nSPS) is 12.1. The van der Waals surface area contributed by atoms with Gasteiger partial charge in [0.2, 0.25) is 0 Å². The molecule has 0 fully saturated rings. The molecule has 0 bridgehead atoms. The summed E-state index contributed by atoms with van der Waals surface area (Å²) in [5.41, 5.74) is 7.50. The SMILES string of the molecule is CN(CCS(C)(=O)=O)Cc1ccc(CN)cc1Cl. The lowest BCUT2D eigenvalue weighted by Gasteiger charge is -2.17. The molecule has 0 unspecified atom stereocenters. The van der Waals surface area contributed by atoms with Crippen LogP contribution >= 0.6 is 11.6 Å². The summed E-state index contributed by atoms with van der Waals surface area (Å²) in [7, 11) is -1.05. The predicted octanol–water partition coefficient (Wildman–Crippen LogP) is 1.28. The molecule has 102 valence electrons. The van der Waals surface area contributed by atoms with Gasteiger partial charge in [0.1, 0.15) is 9.84 Å². The zero-order chi connectivity index (χ0) is 13.8. The third kappa shape index (κ3) is 5.35. The largest absolute Gasteiger partial charge is 0.326 e. The van der Waals surface area contributed by atoms with Crippen molar-refractivity contribution in [1.82, 2.24) is 4.90 Å². The van der Waals surface area contributed by atoms with Crippen LogP contribution in [-0.2, 0) is 22.9 Å². The fourth-order valence-electron chi connectivity index (χ4n) is 1.54. The minimum absolute atomic E-state index is 0.155. The van der Waals surface area contributed by atoms with Crippen LogP contribution < -0.4 is 5.73 Å². The minimum atomic E-state index is -2.92. The van der Waals surface area contributed by atoms with Gasteiger partial charge >= 0.3 is 0 Å². The highest BCUT2D eigenvalue weighted by Gasteiger charge is 2.08. The Morgan fingerprint density at radius 2 is 2.06 bits per heavy atom. The zero-order valence-corrected chi connectivity index (χ0v) is 12.3. The molecule has 0 aliphatic carbocycles. The van der Waals surface area contributed by atoms with E-state index >= 15 is 0 Å². The maximum atomic E-state index is 11.1. The number of halogens is 1. The number of hydrogen-bond donors (Lipinski definition) is 1. The molecule has 0 radical (unpaired) electrons. The van der Waals surface area contributed by atoms with Crippen molar-refractivity contribution >= 4 is 21.4 Å². The lowest BCUT2D eigenvalue weighted by molar-refractivity contribution is 0.346. The molecule has 1 rings (SSSR count). The third-order valence-corrected chi connectivity index (χ3v) is 3.91.